The summed E-state index contributed by atoms with van der Waals surface area (Å²) in [5.74, 6) is 0.672. The van der Waals surface area contributed by atoms with Crippen molar-refractivity contribution in [1.82, 2.24) is 20.2 Å². The average Bonchev–Trinajstić information content (AvgIpc) is 3.30. The molecule has 1 aliphatic rings. The lowest BCUT2D eigenvalue weighted by molar-refractivity contribution is 0.176. The van der Waals surface area contributed by atoms with Gasteiger partial charge in [-0.3, -0.25) is 4.90 Å². The van der Waals surface area contributed by atoms with E-state index in [0.717, 1.165) is 61.6 Å². The fraction of sp³-hybridized carbons (Fsp3) is 0.0577. The first-order valence-corrected chi connectivity index (χ1v) is 19.2. The molecule has 7 aromatic carbocycles. The van der Waals surface area contributed by atoms with Crippen LogP contribution >= 0.6 is 0 Å². The molecular weight excluding hydrogens is 695 g/mol. The number of benzene rings is 7. The Bertz CT molecular complexity index is 2680. The molecule has 272 valence electrons. The molecule has 2 atom stereocenters. The molecule has 2 heterocycles. The number of hydrogen-bond donors (Lipinski definition) is 1. The van der Waals surface area contributed by atoms with Crippen LogP contribution in [-0.2, 0) is 0 Å². The highest BCUT2D eigenvalue weighted by Crippen LogP contribution is 2.39. The maximum Gasteiger partial charge on any atom is 0.160 e. The molecule has 5 nitrogen and oxygen atoms in total. The Balaban J connectivity index is 1.09. The number of nitrogens with one attached hydrogen (secondary N) is 1. The molecule has 1 aromatic heterocycles. The van der Waals surface area contributed by atoms with Gasteiger partial charge in [-0.2, -0.15) is 5.26 Å². The van der Waals surface area contributed by atoms with Gasteiger partial charge in [0.2, 0.25) is 0 Å². The van der Waals surface area contributed by atoms with Crippen LogP contribution in [0.2, 0.25) is 0 Å². The third-order valence-electron chi connectivity index (χ3n) is 10.6. The molecule has 0 amide bonds. The Morgan fingerprint density at radius 3 is 1.61 bits per heavy atom. The molecule has 1 N–H and O–H groups in total. The Kier molecular flexibility index (Phi) is 9.77. The van der Waals surface area contributed by atoms with Crippen molar-refractivity contribution in [2.75, 3.05) is 7.05 Å². The Labute approximate surface area is 333 Å². The molecule has 1 aliphatic heterocycles. The van der Waals surface area contributed by atoms with Crippen LogP contribution in [0.4, 0.5) is 0 Å². The van der Waals surface area contributed by atoms with E-state index in [4.69, 9.17) is 9.97 Å². The van der Waals surface area contributed by atoms with Crippen molar-refractivity contribution in [1.29, 1.82) is 5.26 Å². The summed E-state index contributed by atoms with van der Waals surface area (Å²) in [7, 11) is 2.17. The van der Waals surface area contributed by atoms with Crippen LogP contribution in [0.5, 0.6) is 0 Å². The molecule has 0 radical (unpaired) electrons. The normalized spacial score (nSPS) is 15.3. The number of aromatic nitrogens is 2. The highest BCUT2D eigenvalue weighted by atomic mass is 15.3. The van der Waals surface area contributed by atoms with Crippen molar-refractivity contribution in [3.05, 3.63) is 222 Å². The fourth-order valence-electron chi connectivity index (χ4n) is 7.67. The van der Waals surface area contributed by atoms with Gasteiger partial charge < -0.3 is 5.32 Å². The fourth-order valence-corrected chi connectivity index (χ4v) is 7.67. The minimum Gasteiger partial charge on any atom is -0.366 e. The number of nitriles is 1. The van der Waals surface area contributed by atoms with Crippen molar-refractivity contribution >= 4 is 5.70 Å². The quantitative estimate of drug-likeness (QED) is 0.168. The summed E-state index contributed by atoms with van der Waals surface area (Å²) >= 11 is 0. The Morgan fingerprint density at radius 2 is 0.965 bits per heavy atom. The standard InChI is InChI=1S/C52H39N5/c1-57-50(34-49(38-18-8-3-9-19-38)56-52(57)40-22-12-5-13-23-40)44-27-15-25-42(31-44)46-29-36(35-53)28-45(32-46)41-24-14-26-43(30-41)48-33-47(37-16-6-2-7-17-37)54-51(55-48)39-20-10-4-11-21-39/h2-34,50,52,56H,1H3. The lowest BCUT2D eigenvalue weighted by Crippen LogP contribution is -2.41. The summed E-state index contributed by atoms with van der Waals surface area (Å²) in [6.07, 6.45) is 2.29. The van der Waals surface area contributed by atoms with E-state index in [9.17, 15) is 5.26 Å². The number of likely N-dealkylation sites (N-methyl/N-ethyl adjacent to an activating group) is 1. The molecule has 0 fully saturated rings. The first-order chi connectivity index (χ1) is 28.1. The van der Waals surface area contributed by atoms with Crippen molar-refractivity contribution in [2.24, 2.45) is 0 Å². The summed E-state index contributed by atoms with van der Waals surface area (Å²) in [5, 5.41) is 14.1. The first-order valence-electron chi connectivity index (χ1n) is 19.2. The van der Waals surface area contributed by atoms with Gasteiger partial charge in [0.05, 0.1) is 29.1 Å². The zero-order valence-corrected chi connectivity index (χ0v) is 31.5. The van der Waals surface area contributed by atoms with Crippen molar-refractivity contribution in [3.8, 4) is 62.2 Å². The summed E-state index contributed by atoms with van der Waals surface area (Å²) in [5.41, 5.74) is 13.9. The van der Waals surface area contributed by atoms with E-state index in [1.165, 1.54) is 11.1 Å². The minimum absolute atomic E-state index is 0.00340. The molecule has 5 heteroatoms. The molecule has 0 saturated carbocycles. The molecule has 0 saturated heterocycles. The van der Waals surface area contributed by atoms with Gasteiger partial charge in [0, 0.05) is 22.4 Å². The van der Waals surface area contributed by atoms with Gasteiger partial charge in [0.25, 0.3) is 0 Å². The van der Waals surface area contributed by atoms with Crippen molar-refractivity contribution in [2.45, 2.75) is 12.2 Å². The average molecular weight is 734 g/mol. The van der Waals surface area contributed by atoms with Crippen LogP contribution < -0.4 is 5.32 Å². The van der Waals surface area contributed by atoms with Gasteiger partial charge in [0.15, 0.2) is 5.82 Å². The minimum atomic E-state index is -0.0247. The summed E-state index contributed by atoms with van der Waals surface area (Å²) < 4.78 is 0. The lowest BCUT2D eigenvalue weighted by Gasteiger charge is -2.40. The van der Waals surface area contributed by atoms with Gasteiger partial charge in [0.1, 0.15) is 6.17 Å². The summed E-state index contributed by atoms with van der Waals surface area (Å²) in [6, 6.07) is 69.2. The molecule has 8 aromatic rings. The molecular formula is C52H39N5. The van der Waals surface area contributed by atoms with Crippen LogP contribution in [0.25, 0.3) is 61.9 Å². The van der Waals surface area contributed by atoms with E-state index in [2.05, 4.69) is 157 Å². The van der Waals surface area contributed by atoms with Gasteiger partial charge in [-0.1, -0.05) is 158 Å². The van der Waals surface area contributed by atoms with E-state index in [1.54, 1.807) is 0 Å². The van der Waals surface area contributed by atoms with Crippen LogP contribution in [-0.4, -0.2) is 21.9 Å². The second-order valence-electron chi connectivity index (χ2n) is 14.3. The monoisotopic (exact) mass is 733 g/mol. The van der Waals surface area contributed by atoms with Gasteiger partial charge in [-0.05, 0) is 88.5 Å². The van der Waals surface area contributed by atoms with Crippen LogP contribution in [0.3, 0.4) is 0 Å². The smallest absolute Gasteiger partial charge is 0.160 e. The SMILES string of the molecule is CN1C(c2cccc(-c3cc(C#N)cc(-c4cccc(-c5cc(-c6ccccc6)nc(-c6ccccc6)n5)c4)c3)c2)C=C(c2ccccc2)NC1c1ccccc1. The lowest BCUT2D eigenvalue weighted by atomic mass is 9.92. The van der Waals surface area contributed by atoms with E-state index in [0.29, 0.717) is 11.4 Å². The van der Waals surface area contributed by atoms with Crippen LogP contribution in [0, 0.1) is 11.3 Å². The van der Waals surface area contributed by atoms with E-state index in [1.807, 2.05) is 66.7 Å². The van der Waals surface area contributed by atoms with E-state index >= 15 is 0 Å². The van der Waals surface area contributed by atoms with Crippen molar-refractivity contribution < 1.29 is 0 Å². The molecule has 0 spiro atoms. The predicted molar refractivity (Wildman–Crippen MR) is 231 cm³/mol. The van der Waals surface area contributed by atoms with Crippen molar-refractivity contribution in [3.63, 3.8) is 0 Å². The summed E-state index contributed by atoms with van der Waals surface area (Å²) in [4.78, 5) is 12.4. The highest BCUT2D eigenvalue weighted by molar-refractivity contribution is 5.80. The van der Waals surface area contributed by atoms with E-state index < -0.39 is 0 Å². The summed E-state index contributed by atoms with van der Waals surface area (Å²) in [6.45, 7) is 0. The van der Waals surface area contributed by atoms with Crippen LogP contribution in [0.15, 0.2) is 200 Å². The van der Waals surface area contributed by atoms with Gasteiger partial charge in [-0.25, -0.2) is 9.97 Å². The van der Waals surface area contributed by atoms with Gasteiger partial charge >= 0.3 is 0 Å². The largest absolute Gasteiger partial charge is 0.366 e. The zero-order valence-electron chi connectivity index (χ0n) is 31.5. The highest BCUT2D eigenvalue weighted by Gasteiger charge is 2.30. The first kappa shape index (κ1) is 35.3. The molecule has 0 bridgehead atoms. The third kappa shape index (κ3) is 7.51. The number of rotatable bonds is 8. The number of hydrogen-bond acceptors (Lipinski definition) is 5. The number of nitrogens with zero attached hydrogens (tertiary/aromatic N) is 4. The molecule has 2 unspecified atom stereocenters. The third-order valence-corrected chi connectivity index (χ3v) is 10.6. The Hall–Kier alpha value is -7.39. The van der Waals surface area contributed by atoms with Crippen LogP contribution in [0.1, 0.15) is 34.5 Å². The topological polar surface area (TPSA) is 64.8 Å². The van der Waals surface area contributed by atoms with E-state index in [-0.39, 0.29) is 12.2 Å². The second kappa shape index (κ2) is 15.8. The Morgan fingerprint density at radius 1 is 0.474 bits per heavy atom. The maximum atomic E-state index is 10.3. The molecule has 0 aliphatic carbocycles. The second-order valence-corrected chi connectivity index (χ2v) is 14.3. The molecule has 57 heavy (non-hydrogen) atoms. The molecule has 9 rings (SSSR count). The zero-order chi connectivity index (χ0) is 38.6. The predicted octanol–water partition coefficient (Wildman–Crippen LogP) is 12.0. The van der Waals surface area contributed by atoms with Gasteiger partial charge in [-0.15, -0.1) is 0 Å². The maximum absolute atomic E-state index is 10.3.